The Morgan fingerprint density at radius 3 is 2.68 bits per heavy atom. The lowest BCUT2D eigenvalue weighted by Crippen LogP contribution is -2.31. The van der Waals surface area contributed by atoms with Crippen LogP contribution in [-0.4, -0.2) is 57.2 Å². The van der Waals surface area contributed by atoms with Gasteiger partial charge in [0, 0.05) is 48.9 Å². The molecule has 1 saturated heterocycles. The number of benzene rings is 1. The Hall–Kier alpha value is -3.39. The van der Waals surface area contributed by atoms with Gasteiger partial charge >= 0.3 is 5.69 Å². The minimum Gasteiger partial charge on any atom is -0.478 e. The van der Waals surface area contributed by atoms with E-state index in [0.717, 1.165) is 58.3 Å². The number of fused-ring (bicyclic) bond motifs is 3. The molecule has 2 fully saturated rings. The van der Waals surface area contributed by atoms with E-state index in [-0.39, 0.29) is 5.69 Å². The summed E-state index contributed by atoms with van der Waals surface area (Å²) in [5.74, 6) is 1.34. The van der Waals surface area contributed by atoms with Gasteiger partial charge < -0.3 is 19.9 Å². The summed E-state index contributed by atoms with van der Waals surface area (Å²) in [6.45, 7) is 5.11. The molecule has 0 spiro atoms. The van der Waals surface area contributed by atoms with Crippen LogP contribution >= 0.6 is 0 Å². The lowest BCUT2D eigenvalue weighted by atomic mass is 9.85. The number of piperidine rings is 1. The summed E-state index contributed by atoms with van der Waals surface area (Å²) in [7, 11) is 1.77. The molecule has 3 aromatic heterocycles. The fourth-order valence-corrected chi connectivity index (χ4v) is 5.60. The number of imidazole rings is 1. The summed E-state index contributed by atoms with van der Waals surface area (Å²) in [4.78, 5) is 27.3. The molecule has 8 heteroatoms. The first kappa shape index (κ1) is 24.0. The second-order valence-electron chi connectivity index (χ2n) is 10.6. The largest absolute Gasteiger partial charge is 0.478 e. The van der Waals surface area contributed by atoms with Gasteiger partial charge in [0.15, 0.2) is 0 Å². The number of nitrogens with zero attached hydrogens (tertiary/aromatic N) is 4. The first-order chi connectivity index (χ1) is 18.2. The fraction of sp³-hybridized carbons (Fsp3) is 0.483. The zero-order chi connectivity index (χ0) is 25.2. The molecule has 1 saturated carbocycles. The summed E-state index contributed by atoms with van der Waals surface area (Å²) >= 11 is 0. The van der Waals surface area contributed by atoms with E-state index in [9.17, 15) is 4.79 Å². The van der Waals surface area contributed by atoms with Gasteiger partial charge in [-0.2, -0.15) is 0 Å². The number of aryl methyl sites for hydroxylation is 1. The molecule has 4 aromatic rings. The molecule has 2 aliphatic rings. The number of pyridine rings is 2. The molecule has 1 aliphatic carbocycles. The zero-order valence-corrected chi connectivity index (χ0v) is 21.6. The van der Waals surface area contributed by atoms with Crippen molar-refractivity contribution in [1.82, 2.24) is 24.4 Å². The number of hydrogen-bond acceptors (Lipinski definition) is 6. The second kappa shape index (κ2) is 10.5. The average Bonchev–Trinajstić information content (AvgIpc) is 3.20. The van der Waals surface area contributed by atoms with Gasteiger partial charge in [0.25, 0.3) is 0 Å². The molecular formula is C29H36N6O2. The molecule has 1 aliphatic heterocycles. The van der Waals surface area contributed by atoms with Crippen molar-refractivity contribution in [3.8, 4) is 17.0 Å². The SMILES string of the molecule is Cn1c(=O)[nH]c2c3c(NCC4CCC4)c(-c4ccc(OCCCN5CCCCC5)nc4)ccc3ncc21. The highest BCUT2D eigenvalue weighted by Crippen LogP contribution is 2.38. The van der Waals surface area contributed by atoms with Crippen LogP contribution in [0.1, 0.15) is 44.9 Å². The van der Waals surface area contributed by atoms with Gasteiger partial charge in [-0.05, 0) is 63.2 Å². The van der Waals surface area contributed by atoms with Crippen molar-refractivity contribution in [2.45, 2.75) is 44.9 Å². The fourth-order valence-electron chi connectivity index (χ4n) is 5.60. The molecule has 0 atom stereocenters. The summed E-state index contributed by atoms with van der Waals surface area (Å²) < 4.78 is 7.57. The van der Waals surface area contributed by atoms with Crippen LogP contribution in [0, 0.1) is 5.92 Å². The van der Waals surface area contributed by atoms with E-state index in [1.807, 2.05) is 18.3 Å². The van der Waals surface area contributed by atoms with Crippen molar-refractivity contribution in [3.63, 3.8) is 0 Å². The van der Waals surface area contributed by atoms with E-state index in [0.29, 0.717) is 18.4 Å². The number of ether oxygens (including phenoxy) is 1. The summed E-state index contributed by atoms with van der Waals surface area (Å²) in [6.07, 6.45) is 12.5. The standard InChI is InChI=1S/C29H36N6O2/c1-34-24-19-30-23-11-10-22(27(32-17-20-7-5-8-20)26(23)28(24)33-29(34)36)21-9-12-25(31-18-21)37-16-6-15-35-13-3-2-4-14-35/h9-12,18-20,32H,2-8,13-17H2,1H3,(H,33,36). The first-order valence-electron chi connectivity index (χ1n) is 13.7. The van der Waals surface area contributed by atoms with Gasteiger partial charge in [0.05, 0.1) is 35.0 Å². The predicted octanol–water partition coefficient (Wildman–Crippen LogP) is 4.94. The van der Waals surface area contributed by atoms with Crippen molar-refractivity contribution in [1.29, 1.82) is 0 Å². The normalized spacial score (nSPS) is 16.8. The Morgan fingerprint density at radius 1 is 1.05 bits per heavy atom. The van der Waals surface area contributed by atoms with Crippen molar-refractivity contribution >= 4 is 27.6 Å². The van der Waals surface area contributed by atoms with Gasteiger partial charge in [0.2, 0.25) is 5.88 Å². The molecular weight excluding hydrogens is 464 g/mol. The van der Waals surface area contributed by atoms with E-state index in [4.69, 9.17) is 4.74 Å². The first-order valence-corrected chi connectivity index (χ1v) is 13.7. The smallest absolute Gasteiger partial charge is 0.326 e. The number of nitrogens with one attached hydrogen (secondary N) is 2. The Kier molecular flexibility index (Phi) is 6.83. The molecule has 194 valence electrons. The van der Waals surface area contributed by atoms with Crippen molar-refractivity contribution in [3.05, 3.63) is 47.1 Å². The van der Waals surface area contributed by atoms with Gasteiger partial charge in [-0.3, -0.25) is 9.55 Å². The van der Waals surface area contributed by atoms with Gasteiger partial charge in [-0.25, -0.2) is 9.78 Å². The number of aromatic amines is 1. The maximum atomic E-state index is 12.4. The molecule has 0 amide bonds. The topological polar surface area (TPSA) is 88.1 Å². The zero-order valence-electron chi connectivity index (χ0n) is 21.6. The molecule has 6 rings (SSSR count). The summed E-state index contributed by atoms with van der Waals surface area (Å²) in [5, 5.41) is 4.68. The van der Waals surface area contributed by atoms with Crippen LogP contribution in [0.3, 0.4) is 0 Å². The molecule has 0 radical (unpaired) electrons. The van der Waals surface area contributed by atoms with E-state index in [1.54, 1.807) is 17.8 Å². The molecule has 0 bridgehead atoms. The molecule has 8 nitrogen and oxygen atoms in total. The third kappa shape index (κ3) is 4.94. The Morgan fingerprint density at radius 2 is 1.92 bits per heavy atom. The highest BCUT2D eigenvalue weighted by atomic mass is 16.5. The van der Waals surface area contributed by atoms with E-state index in [2.05, 4.69) is 37.3 Å². The molecule has 1 aromatic carbocycles. The van der Waals surface area contributed by atoms with Crippen molar-refractivity contribution in [2.75, 3.05) is 38.1 Å². The lowest BCUT2D eigenvalue weighted by Gasteiger charge is -2.27. The van der Waals surface area contributed by atoms with Crippen LogP contribution in [0.15, 0.2) is 41.5 Å². The number of H-pyrrole nitrogens is 1. The highest BCUT2D eigenvalue weighted by molar-refractivity contribution is 6.12. The third-order valence-electron chi connectivity index (χ3n) is 8.07. The van der Waals surface area contributed by atoms with Crippen LogP contribution in [-0.2, 0) is 7.05 Å². The van der Waals surface area contributed by atoms with Crippen LogP contribution < -0.4 is 15.7 Å². The van der Waals surface area contributed by atoms with E-state index >= 15 is 0 Å². The van der Waals surface area contributed by atoms with Crippen LogP contribution in [0.25, 0.3) is 33.1 Å². The molecule has 0 unspecified atom stereocenters. The summed E-state index contributed by atoms with van der Waals surface area (Å²) in [6, 6.07) is 8.15. The molecule has 37 heavy (non-hydrogen) atoms. The monoisotopic (exact) mass is 500 g/mol. The van der Waals surface area contributed by atoms with E-state index in [1.165, 1.54) is 51.6 Å². The number of rotatable bonds is 9. The van der Waals surface area contributed by atoms with E-state index < -0.39 is 0 Å². The van der Waals surface area contributed by atoms with Crippen molar-refractivity contribution < 1.29 is 4.74 Å². The van der Waals surface area contributed by atoms with Crippen molar-refractivity contribution in [2.24, 2.45) is 13.0 Å². The van der Waals surface area contributed by atoms with Crippen LogP contribution in [0.4, 0.5) is 5.69 Å². The predicted molar refractivity (Wildman–Crippen MR) is 148 cm³/mol. The second-order valence-corrected chi connectivity index (χ2v) is 10.6. The minimum absolute atomic E-state index is 0.136. The Labute approximate surface area is 217 Å². The molecule has 2 N–H and O–H groups in total. The number of aromatic nitrogens is 4. The van der Waals surface area contributed by atoms with Gasteiger partial charge in [0.1, 0.15) is 0 Å². The van der Waals surface area contributed by atoms with Gasteiger partial charge in [-0.15, -0.1) is 0 Å². The van der Waals surface area contributed by atoms with Gasteiger partial charge in [-0.1, -0.05) is 18.9 Å². The minimum atomic E-state index is -0.136. The maximum absolute atomic E-state index is 12.4. The van der Waals surface area contributed by atoms with Crippen LogP contribution in [0.2, 0.25) is 0 Å². The summed E-state index contributed by atoms with van der Waals surface area (Å²) in [5.41, 5.74) is 5.40. The highest BCUT2D eigenvalue weighted by Gasteiger charge is 2.20. The Bertz CT molecular complexity index is 1430. The molecule has 4 heterocycles. The quantitative estimate of drug-likeness (QED) is 0.317. The Balaban J connectivity index is 1.26. The number of hydrogen-bond donors (Lipinski definition) is 2. The average molecular weight is 501 g/mol. The number of anilines is 1. The van der Waals surface area contributed by atoms with Crippen LogP contribution in [0.5, 0.6) is 5.88 Å². The number of likely N-dealkylation sites (tertiary alicyclic amines) is 1. The third-order valence-corrected chi connectivity index (χ3v) is 8.07. The maximum Gasteiger partial charge on any atom is 0.326 e. The lowest BCUT2D eigenvalue weighted by molar-refractivity contribution is 0.203.